The molecule has 0 amide bonds. The van der Waals surface area contributed by atoms with E-state index >= 15 is 0 Å². The van der Waals surface area contributed by atoms with E-state index in [2.05, 4.69) is 78.4 Å². The standard InChI is InChI=1S/C39H31N5/c1-3-39(2)31-11-5-4-10-26(31)29-19-18-28-24-15-14-23(22-30(24)25-16-17-27(25)34(28)35(29)39)36-42-37(32-12-6-8-20-40-32)44-38(43-36)33-13-7-9-21-41-33/h4-15,18-22,25,27H,3,16-17H2,1-2H3. The molecule has 0 radical (unpaired) electrons. The summed E-state index contributed by atoms with van der Waals surface area (Å²) in [6, 6.07) is 32.2. The van der Waals surface area contributed by atoms with Crippen molar-refractivity contribution in [1.29, 1.82) is 0 Å². The third kappa shape index (κ3) is 3.56. The van der Waals surface area contributed by atoms with Crippen molar-refractivity contribution in [2.24, 2.45) is 0 Å². The number of hydrogen-bond donors (Lipinski definition) is 0. The summed E-state index contributed by atoms with van der Waals surface area (Å²) >= 11 is 0. The fourth-order valence-electron chi connectivity index (χ4n) is 7.96. The average Bonchev–Trinajstić information content (AvgIpc) is 3.33. The van der Waals surface area contributed by atoms with Gasteiger partial charge in [0.1, 0.15) is 11.4 Å². The second-order valence-electron chi connectivity index (χ2n) is 12.5. The minimum absolute atomic E-state index is 0.0312. The molecular formula is C39H31N5. The highest BCUT2D eigenvalue weighted by Crippen LogP contribution is 2.63. The zero-order valence-electron chi connectivity index (χ0n) is 24.8. The summed E-state index contributed by atoms with van der Waals surface area (Å²) in [5, 5.41) is 0. The minimum atomic E-state index is 0.0312. The van der Waals surface area contributed by atoms with Crippen molar-refractivity contribution < 1.29 is 0 Å². The molecule has 3 aliphatic carbocycles. The van der Waals surface area contributed by atoms with Crippen molar-refractivity contribution in [2.45, 2.75) is 50.4 Å². The lowest BCUT2D eigenvalue weighted by Gasteiger charge is -2.46. The van der Waals surface area contributed by atoms with E-state index in [9.17, 15) is 0 Å². The molecule has 3 aliphatic rings. The summed E-state index contributed by atoms with van der Waals surface area (Å²) in [6.45, 7) is 4.81. The maximum atomic E-state index is 4.94. The molecule has 0 saturated heterocycles. The lowest BCUT2D eigenvalue weighted by molar-refractivity contribution is 0.338. The Labute approximate surface area is 257 Å². The smallest absolute Gasteiger partial charge is 0.182 e. The van der Waals surface area contributed by atoms with E-state index in [1.165, 1.54) is 46.2 Å². The molecule has 1 saturated carbocycles. The lowest BCUT2D eigenvalue weighted by Crippen LogP contribution is -2.31. The number of rotatable bonds is 4. The Morgan fingerprint density at radius 3 is 1.93 bits per heavy atom. The van der Waals surface area contributed by atoms with E-state index < -0.39 is 0 Å². The summed E-state index contributed by atoms with van der Waals surface area (Å²) in [5.74, 6) is 2.79. The quantitative estimate of drug-likeness (QED) is 0.212. The van der Waals surface area contributed by atoms with Crippen LogP contribution in [0.3, 0.4) is 0 Å². The van der Waals surface area contributed by atoms with Crippen molar-refractivity contribution >= 4 is 0 Å². The van der Waals surface area contributed by atoms with Gasteiger partial charge in [0.15, 0.2) is 17.5 Å². The van der Waals surface area contributed by atoms with Crippen LogP contribution in [0.2, 0.25) is 0 Å². The third-order valence-corrected chi connectivity index (χ3v) is 10.4. The Balaban J connectivity index is 1.21. The molecule has 44 heavy (non-hydrogen) atoms. The molecule has 1 fully saturated rings. The van der Waals surface area contributed by atoms with E-state index in [1.54, 1.807) is 23.5 Å². The van der Waals surface area contributed by atoms with Crippen LogP contribution in [0.5, 0.6) is 0 Å². The number of nitrogens with zero attached hydrogens (tertiary/aromatic N) is 5. The van der Waals surface area contributed by atoms with Gasteiger partial charge in [0, 0.05) is 23.4 Å². The number of pyridine rings is 2. The first-order chi connectivity index (χ1) is 21.6. The van der Waals surface area contributed by atoms with E-state index in [0.29, 0.717) is 40.7 Å². The molecule has 3 aromatic heterocycles. The third-order valence-electron chi connectivity index (χ3n) is 10.4. The maximum Gasteiger partial charge on any atom is 0.182 e. The number of fused-ring (bicyclic) bond motifs is 10. The van der Waals surface area contributed by atoms with Gasteiger partial charge in [-0.2, -0.15) is 0 Å². The van der Waals surface area contributed by atoms with Crippen LogP contribution in [0.15, 0.2) is 103 Å². The van der Waals surface area contributed by atoms with Gasteiger partial charge in [-0.15, -0.1) is 0 Å². The van der Waals surface area contributed by atoms with Gasteiger partial charge >= 0.3 is 0 Å². The van der Waals surface area contributed by atoms with Crippen LogP contribution in [0.1, 0.15) is 67.2 Å². The number of benzene rings is 3. The van der Waals surface area contributed by atoms with Crippen molar-refractivity contribution in [2.75, 3.05) is 0 Å². The summed E-state index contributed by atoms with van der Waals surface area (Å²) in [4.78, 5) is 23.7. The van der Waals surface area contributed by atoms with Crippen LogP contribution in [0.25, 0.3) is 56.7 Å². The van der Waals surface area contributed by atoms with Crippen LogP contribution in [-0.4, -0.2) is 24.9 Å². The molecule has 0 aliphatic heterocycles. The molecule has 6 aromatic rings. The Kier molecular flexibility index (Phi) is 5.49. The molecular weight excluding hydrogens is 538 g/mol. The molecule has 5 nitrogen and oxygen atoms in total. The van der Waals surface area contributed by atoms with Gasteiger partial charge in [-0.1, -0.05) is 74.5 Å². The fraction of sp³-hybridized carbons (Fsp3) is 0.205. The summed E-state index contributed by atoms with van der Waals surface area (Å²) in [6.07, 6.45) is 7.06. The molecule has 3 aromatic carbocycles. The van der Waals surface area contributed by atoms with Gasteiger partial charge in [-0.05, 0) is 106 Å². The first-order valence-corrected chi connectivity index (χ1v) is 15.6. The second kappa shape index (κ2) is 9.48. The van der Waals surface area contributed by atoms with Crippen LogP contribution >= 0.6 is 0 Å². The highest BCUT2D eigenvalue weighted by atomic mass is 15.1. The van der Waals surface area contributed by atoms with Crippen LogP contribution in [0, 0.1) is 0 Å². The molecule has 3 atom stereocenters. The SMILES string of the molecule is CCC1(C)c2ccccc2-c2ccc3c(c21)C1CCC1c1cc(-c2nc(-c4ccccn4)nc(-c4ccccn4)n2)ccc1-3. The van der Waals surface area contributed by atoms with Crippen molar-refractivity contribution in [3.8, 4) is 56.7 Å². The van der Waals surface area contributed by atoms with E-state index in [0.717, 1.165) is 12.0 Å². The largest absolute Gasteiger partial charge is 0.253 e. The van der Waals surface area contributed by atoms with Crippen LogP contribution < -0.4 is 0 Å². The van der Waals surface area contributed by atoms with Gasteiger partial charge in [0.2, 0.25) is 0 Å². The van der Waals surface area contributed by atoms with E-state index in [4.69, 9.17) is 15.0 Å². The Morgan fingerprint density at radius 2 is 1.27 bits per heavy atom. The van der Waals surface area contributed by atoms with Crippen LogP contribution in [-0.2, 0) is 5.41 Å². The van der Waals surface area contributed by atoms with Gasteiger partial charge < -0.3 is 0 Å². The van der Waals surface area contributed by atoms with Gasteiger partial charge in [0.25, 0.3) is 0 Å². The van der Waals surface area contributed by atoms with Gasteiger partial charge in [0.05, 0.1) is 0 Å². The van der Waals surface area contributed by atoms with Gasteiger partial charge in [-0.3, -0.25) is 9.97 Å². The molecule has 3 unspecified atom stereocenters. The molecule has 0 spiro atoms. The van der Waals surface area contributed by atoms with Gasteiger partial charge in [-0.25, -0.2) is 15.0 Å². The fourth-order valence-corrected chi connectivity index (χ4v) is 7.96. The molecule has 9 rings (SSSR count). The number of aromatic nitrogens is 5. The van der Waals surface area contributed by atoms with Crippen molar-refractivity contribution in [1.82, 2.24) is 24.9 Å². The Morgan fingerprint density at radius 1 is 0.636 bits per heavy atom. The van der Waals surface area contributed by atoms with Crippen molar-refractivity contribution in [3.63, 3.8) is 0 Å². The maximum absolute atomic E-state index is 4.94. The zero-order valence-corrected chi connectivity index (χ0v) is 24.8. The lowest BCUT2D eigenvalue weighted by atomic mass is 9.58. The highest BCUT2D eigenvalue weighted by Gasteiger charge is 2.47. The van der Waals surface area contributed by atoms with E-state index in [1.807, 2.05) is 36.4 Å². The number of hydrogen-bond acceptors (Lipinski definition) is 5. The first-order valence-electron chi connectivity index (χ1n) is 15.6. The summed E-state index contributed by atoms with van der Waals surface area (Å²) in [5.41, 5.74) is 14.1. The molecule has 0 bridgehead atoms. The predicted molar refractivity (Wildman–Crippen MR) is 174 cm³/mol. The van der Waals surface area contributed by atoms with Crippen molar-refractivity contribution in [3.05, 3.63) is 126 Å². The minimum Gasteiger partial charge on any atom is -0.253 e. The first kappa shape index (κ1) is 25.5. The zero-order chi connectivity index (χ0) is 29.4. The molecule has 3 heterocycles. The molecule has 5 heteroatoms. The molecule has 0 N–H and O–H groups in total. The highest BCUT2D eigenvalue weighted by molar-refractivity contribution is 5.89. The van der Waals surface area contributed by atoms with Crippen LogP contribution in [0.4, 0.5) is 0 Å². The predicted octanol–water partition coefficient (Wildman–Crippen LogP) is 9.00. The molecule has 212 valence electrons. The normalized spacial score (nSPS) is 20.5. The van der Waals surface area contributed by atoms with E-state index in [-0.39, 0.29) is 5.41 Å². The Hall–Kier alpha value is -5.03. The average molecular weight is 570 g/mol. The summed E-state index contributed by atoms with van der Waals surface area (Å²) < 4.78 is 0. The Bertz CT molecular complexity index is 2030. The summed E-state index contributed by atoms with van der Waals surface area (Å²) in [7, 11) is 0. The second-order valence-corrected chi connectivity index (χ2v) is 12.5. The topological polar surface area (TPSA) is 64.5 Å². The monoisotopic (exact) mass is 569 g/mol.